The number of benzene rings is 1. The van der Waals surface area contributed by atoms with Crippen molar-refractivity contribution in [3.05, 3.63) is 22.7 Å². The molecule has 0 fully saturated rings. The highest BCUT2D eigenvalue weighted by atomic mass is 16.5. The number of nitrogen functional groups attached to an aromatic ring is 1. The number of aromatic amines is 1. The summed E-state index contributed by atoms with van der Waals surface area (Å²) in [7, 11) is 1.93. The van der Waals surface area contributed by atoms with Gasteiger partial charge in [0.25, 0.3) is 0 Å². The summed E-state index contributed by atoms with van der Waals surface area (Å²) < 4.78 is 10.2. The van der Waals surface area contributed by atoms with E-state index in [9.17, 15) is 4.79 Å². The molecule has 18 heavy (non-hydrogen) atoms. The minimum Gasteiger partial charge on any atom is -0.408 e. The first-order valence-corrected chi connectivity index (χ1v) is 5.83. The summed E-state index contributed by atoms with van der Waals surface area (Å²) in [5, 5.41) is 0. The zero-order valence-electron chi connectivity index (χ0n) is 10.5. The van der Waals surface area contributed by atoms with Gasteiger partial charge in [0.1, 0.15) is 0 Å². The van der Waals surface area contributed by atoms with Crippen LogP contribution in [0.2, 0.25) is 0 Å². The van der Waals surface area contributed by atoms with Gasteiger partial charge in [-0.25, -0.2) is 4.79 Å². The van der Waals surface area contributed by atoms with Gasteiger partial charge < -0.3 is 19.8 Å². The molecule has 0 saturated heterocycles. The number of nitrogens with zero attached hydrogens (tertiary/aromatic N) is 1. The Morgan fingerprint density at radius 3 is 3.00 bits per heavy atom. The van der Waals surface area contributed by atoms with E-state index in [0.29, 0.717) is 30.0 Å². The number of oxazole rings is 1. The number of nitrogens with two attached hydrogens (primary N) is 1. The first-order valence-electron chi connectivity index (χ1n) is 5.83. The molecule has 0 saturated carbocycles. The summed E-state index contributed by atoms with van der Waals surface area (Å²) >= 11 is 0. The van der Waals surface area contributed by atoms with Crippen LogP contribution in [0.3, 0.4) is 0 Å². The zero-order chi connectivity index (χ0) is 13.1. The highest BCUT2D eigenvalue weighted by Crippen LogP contribution is 2.26. The average molecular weight is 251 g/mol. The summed E-state index contributed by atoms with van der Waals surface area (Å²) in [6.45, 7) is 4.01. The third-order valence-corrected chi connectivity index (χ3v) is 2.75. The molecular formula is C12H17N3O3. The lowest BCUT2D eigenvalue weighted by Crippen LogP contribution is -2.23. The number of hydrogen-bond acceptors (Lipinski definition) is 5. The fraction of sp³-hybridized carbons (Fsp3) is 0.417. The molecule has 0 aliphatic carbocycles. The summed E-state index contributed by atoms with van der Waals surface area (Å²) in [5.74, 6) is -0.474. The molecular weight excluding hydrogens is 234 g/mol. The molecule has 0 aliphatic rings. The van der Waals surface area contributed by atoms with Crippen LogP contribution in [0, 0.1) is 0 Å². The summed E-state index contributed by atoms with van der Waals surface area (Å²) in [6, 6.07) is 3.46. The van der Waals surface area contributed by atoms with Gasteiger partial charge in [-0.05, 0) is 13.0 Å². The van der Waals surface area contributed by atoms with Crippen molar-refractivity contribution in [3.8, 4) is 0 Å². The van der Waals surface area contributed by atoms with Gasteiger partial charge in [0.15, 0.2) is 5.58 Å². The van der Waals surface area contributed by atoms with Crippen LogP contribution in [-0.4, -0.2) is 31.8 Å². The standard InChI is InChI=1S/C12H17N3O3/c1-3-17-5-4-15(2)10-7-9-11(6-8(10)13)18-12(16)14-9/h6-7H,3-5,13H2,1-2H3,(H,14,16). The fourth-order valence-corrected chi connectivity index (χ4v) is 1.80. The van der Waals surface area contributed by atoms with Gasteiger partial charge in [-0.2, -0.15) is 0 Å². The van der Waals surface area contributed by atoms with Gasteiger partial charge in [-0.1, -0.05) is 0 Å². The largest absolute Gasteiger partial charge is 0.417 e. The van der Waals surface area contributed by atoms with Crippen LogP contribution in [0.25, 0.3) is 11.1 Å². The molecule has 6 heteroatoms. The quantitative estimate of drug-likeness (QED) is 0.615. The van der Waals surface area contributed by atoms with E-state index < -0.39 is 5.76 Å². The van der Waals surface area contributed by atoms with Crippen LogP contribution in [-0.2, 0) is 4.74 Å². The Balaban J connectivity index is 2.26. The topological polar surface area (TPSA) is 84.5 Å². The number of nitrogens with one attached hydrogen (secondary N) is 1. The van der Waals surface area contributed by atoms with E-state index in [4.69, 9.17) is 14.9 Å². The van der Waals surface area contributed by atoms with Gasteiger partial charge in [-0.3, -0.25) is 4.98 Å². The van der Waals surface area contributed by atoms with Crippen molar-refractivity contribution in [1.82, 2.24) is 4.98 Å². The van der Waals surface area contributed by atoms with Crippen molar-refractivity contribution in [1.29, 1.82) is 0 Å². The van der Waals surface area contributed by atoms with Crippen LogP contribution >= 0.6 is 0 Å². The second kappa shape index (κ2) is 5.14. The predicted molar refractivity (Wildman–Crippen MR) is 71.0 cm³/mol. The van der Waals surface area contributed by atoms with E-state index in [-0.39, 0.29) is 0 Å². The van der Waals surface area contributed by atoms with Gasteiger partial charge in [0.2, 0.25) is 0 Å². The monoisotopic (exact) mass is 251 g/mol. The predicted octanol–water partition coefficient (Wildman–Crippen LogP) is 1.18. The van der Waals surface area contributed by atoms with Gasteiger partial charge >= 0.3 is 5.76 Å². The smallest absolute Gasteiger partial charge is 0.408 e. The maximum absolute atomic E-state index is 11.1. The molecule has 98 valence electrons. The van der Waals surface area contributed by atoms with Crippen molar-refractivity contribution < 1.29 is 9.15 Å². The summed E-state index contributed by atoms with van der Waals surface area (Å²) in [5.41, 5.74) is 8.48. The molecule has 0 unspecified atom stereocenters. The Morgan fingerprint density at radius 1 is 1.50 bits per heavy atom. The Hall–Kier alpha value is -1.95. The van der Waals surface area contributed by atoms with E-state index in [2.05, 4.69) is 4.98 Å². The third-order valence-electron chi connectivity index (χ3n) is 2.75. The van der Waals surface area contributed by atoms with E-state index in [1.54, 1.807) is 6.07 Å². The Labute approximate surface area is 104 Å². The number of H-pyrrole nitrogens is 1. The van der Waals surface area contributed by atoms with Crippen molar-refractivity contribution in [2.24, 2.45) is 0 Å². The molecule has 2 aromatic rings. The molecule has 1 heterocycles. The van der Waals surface area contributed by atoms with E-state index >= 15 is 0 Å². The Morgan fingerprint density at radius 2 is 2.28 bits per heavy atom. The van der Waals surface area contributed by atoms with Crippen LogP contribution in [0.15, 0.2) is 21.3 Å². The molecule has 0 aliphatic heterocycles. The number of rotatable bonds is 5. The lowest BCUT2D eigenvalue weighted by molar-refractivity contribution is 0.154. The lowest BCUT2D eigenvalue weighted by Gasteiger charge is -2.20. The first kappa shape index (κ1) is 12.5. The minimum atomic E-state index is -0.474. The number of fused-ring (bicyclic) bond motifs is 1. The minimum absolute atomic E-state index is 0.472. The average Bonchev–Trinajstić information content (AvgIpc) is 2.67. The molecule has 0 atom stereocenters. The highest BCUT2D eigenvalue weighted by molar-refractivity contribution is 5.85. The number of hydrogen-bond donors (Lipinski definition) is 2. The number of aromatic nitrogens is 1. The van der Waals surface area contributed by atoms with Crippen LogP contribution in [0.1, 0.15) is 6.92 Å². The highest BCUT2D eigenvalue weighted by Gasteiger charge is 2.10. The van der Waals surface area contributed by atoms with Crippen molar-refractivity contribution >= 4 is 22.5 Å². The summed E-state index contributed by atoms with van der Waals surface area (Å²) in [4.78, 5) is 15.7. The molecule has 0 spiro atoms. The zero-order valence-corrected chi connectivity index (χ0v) is 10.5. The fourth-order valence-electron chi connectivity index (χ4n) is 1.80. The van der Waals surface area contributed by atoms with Gasteiger partial charge in [0.05, 0.1) is 23.5 Å². The third kappa shape index (κ3) is 2.48. The SMILES string of the molecule is CCOCCN(C)c1cc2[nH]c(=O)oc2cc1N. The van der Waals surface area contributed by atoms with Crippen LogP contribution < -0.4 is 16.4 Å². The first-order chi connectivity index (χ1) is 8.61. The molecule has 3 N–H and O–H groups in total. The van der Waals surface area contributed by atoms with Gasteiger partial charge in [-0.15, -0.1) is 0 Å². The maximum atomic E-state index is 11.1. The molecule has 0 radical (unpaired) electrons. The van der Waals surface area contributed by atoms with E-state index in [0.717, 1.165) is 12.2 Å². The van der Waals surface area contributed by atoms with Crippen molar-refractivity contribution in [2.45, 2.75) is 6.92 Å². The molecule has 0 amide bonds. The Bertz CT molecular complexity index is 588. The van der Waals surface area contributed by atoms with Crippen molar-refractivity contribution in [3.63, 3.8) is 0 Å². The number of anilines is 2. The van der Waals surface area contributed by atoms with E-state index in [1.165, 1.54) is 0 Å². The molecule has 2 rings (SSSR count). The molecule has 1 aromatic heterocycles. The number of likely N-dealkylation sites (N-methyl/N-ethyl adjacent to an activating group) is 1. The lowest BCUT2D eigenvalue weighted by atomic mass is 10.2. The normalized spacial score (nSPS) is 11.0. The van der Waals surface area contributed by atoms with Crippen LogP contribution in [0.4, 0.5) is 11.4 Å². The number of ether oxygens (including phenoxy) is 1. The van der Waals surface area contributed by atoms with Crippen LogP contribution in [0.5, 0.6) is 0 Å². The van der Waals surface area contributed by atoms with Crippen molar-refractivity contribution in [2.75, 3.05) is 37.4 Å². The van der Waals surface area contributed by atoms with Gasteiger partial charge in [0, 0.05) is 26.3 Å². The second-order valence-corrected chi connectivity index (χ2v) is 4.04. The Kier molecular flexibility index (Phi) is 3.57. The van der Waals surface area contributed by atoms with E-state index in [1.807, 2.05) is 24.9 Å². The molecule has 0 bridgehead atoms. The molecule has 6 nitrogen and oxygen atoms in total. The maximum Gasteiger partial charge on any atom is 0.417 e. The molecule has 1 aromatic carbocycles. The summed E-state index contributed by atoms with van der Waals surface area (Å²) in [6.07, 6.45) is 0. The second-order valence-electron chi connectivity index (χ2n) is 4.04.